The SMILES string of the molecule is CCOC(=O)/C=C/C(NC(=O)OCc1ccccc1)C1CC1. The lowest BCUT2D eigenvalue weighted by Crippen LogP contribution is -2.35. The molecule has 118 valence electrons. The number of ether oxygens (including phenoxy) is 2. The van der Waals surface area contributed by atoms with Crippen LogP contribution in [-0.4, -0.2) is 24.7 Å². The summed E-state index contributed by atoms with van der Waals surface area (Å²) in [6.07, 6.45) is 4.64. The topological polar surface area (TPSA) is 64.6 Å². The highest BCUT2D eigenvalue weighted by atomic mass is 16.5. The number of nitrogens with one attached hydrogen (secondary N) is 1. The highest BCUT2D eigenvalue weighted by molar-refractivity contribution is 5.82. The predicted molar refractivity (Wildman–Crippen MR) is 82.0 cm³/mol. The van der Waals surface area contributed by atoms with Crippen molar-refractivity contribution in [3.05, 3.63) is 48.0 Å². The van der Waals surface area contributed by atoms with E-state index in [0.29, 0.717) is 12.5 Å². The van der Waals surface area contributed by atoms with Gasteiger partial charge in [0.15, 0.2) is 0 Å². The van der Waals surface area contributed by atoms with Crippen LogP contribution in [0.4, 0.5) is 4.79 Å². The normalized spacial score (nSPS) is 15.3. The second-order valence-corrected chi connectivity index (χ2v) is 5.18. The molecule has 1 amide bonds. The lowest BCUT2D eigenvalue weighted by molar-refractivity contribution is -0.137. The molecule has 1 atom stereocenters. The molecule has 1 fully saturated rings. The van der Waals surface area contributed by atoms with Crippen molar-refractivity contribution < 1.29 is 19.1 Å². The number of carbonyl (C=O) groups excluding carboxylic acids is 2. The van der Waals surface area contributed by atoms with Gasteiger partial charge in [0.1, 0.15) is 6.61 Å². The van der Waals surface area contributed by atoms with Crippen molar-refractivity contribution in [1.82, 2.24) is 5.32 Å². The van der Waals surface area contributed by atoms with E-state index >= 15 is 0 Å². The first-order chi connectivity index (χ1) is 10.7. The molecular weight excluding hydrogens is 282 g/mol. The fraction of sp³-hybridized carbons (Fsp3) is 0.412. The molecule has 1 unspecified atom stereocenters. The van der Waals surface area contributed by atoms with Crippen molar-refractivity contribution in [2.75, 3.05) is 6.61 Å². The molecule has 2 rings (SSSR count). The van der Waals surface area contributed by atoms with Gasteiger partial charge in [0.05, 0.1) is 12.6 Å². The second-order valence-electron chi connectivity index (χ2n) is 5.18. The van der Waals surface area contributed by atoms with E-state index < -0.39 is 12.1 Å². The molecule has 1 aromatic rings. The van der Waals surface area contributed by atoms with Gasteiger partial charge in [0, 0.05) is 6.08 Å². The van der Waals surface area contributed by atoms with Crippen molar-refractivity contribution in [1.29, 1.82) is 0 Å². The molecule has 5 nitrogen and oxygen atoms in total. The molecule has 0 aromatic heterocycles. The van der Waals surface area contributed by atoms with E-state index in [4.69, 9.17) is 9.47 Å². The van der Waals surface area contributed by atoms with Gasteiger partial charge in [-0.1, -0.05) is 36.4 Å². The minimum Gasteiger partial charge on any atom is -0.463 e. The van der Waals surface area contributed by atoms with Crippen LogP contribution in [-0.2, 0) is 20.9 Å². The quantitative estimate of drug-likeness (QED) is 0.621. The summed E-state index contributed by atoms with van der Waals surface area (Å²) < 4.78 is 10.0. The summed E-state index contributed by atoms with van der Waals surface area (Å²) in [5, 5.41) is 2.79. The third-order valence-electron chi connectivity index (χ3n) is 3.35. The average Bonchev–Trinajstić information content (AvgIpc) is 3.35. The smallest absolute Gasteiger partial charge is 0.407 e. The number of esters is 1. The zero-order valence-corrected chi connectivity index (χ0v) is 12.7. The minimum atomic E-state index is -0.478. The summed E-state index contributed by atoms with van der Waals surface area (Å²) >= 11 is 0. The number of amides is 1. The Balaban J connectivity index is 1.80. The van der Waals surface area contributed by atoms with Crippen LogP contribution in [0.25, 0.3) is 0 Å². The molecule has 0 heterocycles. The molecule has 0 radical (unpaired) electrons. The third kappa shape index (κ3) is 5.60. The van der Waals surface area contributed by atoms with E-state index in [1.54, 1.807) is 13.0 Å². The van der Waals surface area contributed by atoms with Crippen molar-refractivity contribution in [3.8, 4) is 0 Å². The Labute approximate surface area is 130 Å². The maximum atomic E-state index is 11.8. The summed E-state index contributed by atoms with van der Waals surface area (Å²) in [7, 11) is 0. The standard InChI is InChI=1S/C17H21NO4/c1-2-21-16(19)11-10-15(14-8-9-14)18-17(20)22-12-13-6-4-3-5-7-13/h3-7,10-11,14-15H,2,8-9,12H2,1H3,(H,18,20)/b11-10+. The average molecular weight is 303 g/mol. The van der Waals surface area contributed by atoms with Gasteiger partial charge in [-0.25, -0.2) is 9.59 Å². The van der Waals surface area contributed by atoms with Gasteiger partial charge < -0.3 is 14.8 Å². The molecule has 1 saturated carbocycles. The minimum absolute atomic E-state index is 0.187. The summed E-state index contributed by atoms with van der Waals surface area (Å²) in [5.74, 6) is -0.0254. The summed E-state index contributed by atoms with van der Waals surface area (Å²) in [6, 6.07) is 9.30. The molecule has 1 aliphatic rings. The molecule has 0 spiro atoms. The molecule has 5 heteroatoms. The Morgan fingerprint density at radius 1 is 1.27 bits per heavy atom. The van der Waals surface area contributed by atoms with E-state index in [0.717, 1.165) is 18.4 Å². The first-order valence-corrected chi connectivity index (χ1v) is 7.51. The molecule has 0 bridgehead atoms. The number of carbonyl (C=O) groups is 2. The summed E-state index contributed by atoms with van der Waals surface area (Å²) in [6.45, 7) is 2.32. The van der Waals surface area contributed by atoms with Crippen LogP contribution in [0.1, 0.15) is 25.3 Å². The van der Waals surface area contributed by atoms with Gasteiger partial charge >= 0.3 is 12.1 Å². The van der Waals surface area contributed by atoms with Crippen LogP contribution in [0.2, 0.25) is 0 Å². The lowest BCUT2D eigenvalue weighted by atomic mass is 10.2. The van der Waals surface area contributed by atoms with Crippen LogP contribution < -0.4 is 5.32 Å². The van der Waals surface area contributed by atoms with Gasteiger partial charge in [-0.05, 0) is 31.2 Å². The first kappa shape index (κ1) is 16.1. The van der Waals surface area contributed by atoms with E-state index in [-0.39, 0.29) is 12.6 Å². The lowest BCUT2D eigenvalue weighted by Gasteiger charge is -2.14. The van der Waals surface area contributed by atoms with E-state index in [9.17, 15) is 9.59 Å². The van der Waals surface area contributed by atoms with Gasteiger partial charge in [-0.3, -0.25) is 0 Å². The van der Waals surface area contributed by atoms with Crippen LogP contribution in [0.3, 0.4) is 0 Å². The number of hydrogen-bond donors (Lipinski definition) is 1. The second kappa shape index (κ2) is 8.22. The monoisotopic (exact) mass is 303 g/mol. The zero-order chi connectivity index (χ0) is 15.8. The fourth-order valence-electron chi connectivity index (χ4n) is 2.05. The summed E-state index contributed by atoms with van der Waals surface area (Å²) in [5.41, 5.74) is 0.933. The van der Waals surface area contributed by atoms with Crippen LogP contribution in [0.5, 0.6) is 0 Å². The number of alkyl carbamates (subject to hydrolysis) is 1. The Morgan fingerprint density at radius 2 is 2.00 bits per heavy atom. The third-order valence-corrected chi connectivity index (χ3v) is 3.35. The van der Waals surface area contributed by atoms with E-state index in [1.807, 2.05) is 30.3 Å². The molecule has 0 saturated heterocycles. The van der Waals surface area contributed by atoms with Crippen molar-refractivity contribution in [2.45, 2.75) is 32.4 Å². The molecule has 1 N–H and O–H groups in total. The first-order valence-electron chi connectivity index (χ1n) is 7.51. The van der Waals surface area contributed by atoms with Crippen LogP contribution in [0.15, 0.2) is 42.5 Å². The highest BCUT2D eigenvalue weighted by Crippen LogP contribution is 2.33. The largest absolute Gasteiger partial charge is 0.463 e. The van der Waals surface area contributed by atoms with Gasteiger partial charge in [-0.15, -0.1) is 0 Å². The van der Waals surface area contributed by atoms with Crippen LogP contribution in [0, 0.1) is 5.92 Å². The molecule has 1 aromatic carbocycles. The fourth-order valence-corrected chi connectivity index (χ4v) is 2.05. The van der Waals surface area contributed by atoms with Crippen LogP contribution >= 0.6 is 0 Å². The van der Waals surface area contributed by atoms with Crippen molar-refractivity contribution >= 4 is 12.1 Å². The van der Waals surface area contributed by atoms with E-state index in [2.05, 4.69) is 5.32 Å². The van der Waals surface area contributed by atoms with Gasteiger partial charge in [-0.2, -0.15) is 0 Å². The maximum absolute atomic E-state index is 11.8. The van der Waals surface area contributed by atoms with Crippen molar-refractivity contribution in [2.24, 2.45) is 5.92 Å². The Kier molecular flexibility index (Phi) is 6.01. The van der Waals surface area contributed by atoms with Gasteiger partial charge in [0.2, 0.25) is 0 Å². The molecule has 0 aliphatic heterocycles. The Hall–Kier alpha value is -2.30. The molecule has 1 aliphatic carbocycles. The summed E-state index contributed by atoms with van der Waals surface area (Å²) in [4.78, 5) is 23.2. The maximum Gasteiger partial charge on any atom is 0.407 e. The number of hydrogen-bond acceptors (Lipinski definition) is 4. The Bertz CT molecular complexity index is 523. The van der Waals surface area contributed by atoms with E-state index in [1.165, 1.54) is 6.08 Å². The zero-order valence-electron chi connectivity index (χ0n) is 12.7. The molecule has 22 heavy (non-hydrogen) atoms. The van der Waals surface area contributed by atoms with Gasteiger partial charge in [0.25, 0.3) is 0 Å². The Morgan fingerprint density at radius 3 is 2.64 bits per heavy atom. The highest BCUT2D eigenvalue weighted by Gasteiger charge is 2.31. The molecular formula is C17H21NO4. The van der Waals surface area contributed by atoms with Crippen molar-refractivity contribution in [3.63, 3.8) is 0 Å². The predicted octanol–water partition coefficient (Wildman–Crippen LogP) is 2.81. The number of benzene rings is 1. The number of rotatable bonds is 7.